The Hall–Kier alpha value is -0.680. The number of hydrogen-bond donors (Lipinski definition) is 2. The Balaban J connectivity index is 1.73. The molecular weight excluding hydrogens is 210 g/mol. The number of hydrogen-bond acceptors (Lipinski definition) is 5. The van der Waals surface area contributed by atoms with E-state index < -0.39 is 0 Å². The molecule has 0 saturated heterocycles. The summed E-state index contributed by atoms with van der Waals surface area (Å²) >= 11 is 1.43. The van der Waals surface area contributed by atoms with Crippen LogP contribution in [0.3, 0.4) is 0 Å². The summed E-state index contributed by atoms with van der Waals surface area (Å²) in [5.74, 6) is 1.55. The number of nitrogens with zero attached hydrogens (tertiary/aromatic N) is 2. The van der Waals surface area contributed by atoms with Crippen LogP contribution in [0.2, 0.25) is 0 Å². The average molecular weight is 227 g/mol. The maximum absolute atomic E-state index is 9.14. The van der Waals surface area contributed by atoms with Gasteiger partial charge in [-0.2, -0.15) is 4.37 Å². The normalized spacial score (nSPS) is 24.9. The number of aliphatic hydroxyl groups excluding tert-OH is 1. The molecule has 4 nitrogen and oxygen atoms in total. The number of anilines is 1. The van der Waals surface area contributed by atoms with Crippen molar-refractivity contribution < 1.29 is 5.11 Å². The van der Waals surface area contributed by atoms with E-state index in [0.717, 1.165) is 43.2 Å². The molecule has 1 aliphatic carbocycles. The van der Waals surface area contributed by atoms with Crippen molar-refractivity contribution in [3.05, 3.63) is 5.82 Å². The Morgan fingerprint density at radius 3 is 3.00 bits per heavy atom. The van der Waals surface area contributed by atoms with Gasteiger partial charge in [-0.05, 0) is 25.2 Å². The van der Waals surface area contributed by atoms with Crippen LogP contribution in [0.25, 0.3) is 0 Å². The summed E-state index contributed by atoms with van der Waals surface area (Å²) in [6.07, 6.45) is 3.83. The fraction of sp³-hybridized carbons (Fsp3) is 0.800. The van der Waals surface area contributed by atoms with Crippen molar-refractivity contribution in [2.45, 2.75) is 38.7 Å². The summed E-state index contributed by atoms with van der Waals surface area (Å²) in [6.45, 7) is 3.04. The first-order chi connectivity index (χ1) is 7.28. The van der Waals surface area contributed by atoms with Crippen molar-refractivity contribution in [2.24, 2.45) is 5.92 Å². The van der Waals surface area contributed by atoms with Crippen LogP contribution < -0.4 is 5.32 Å². The van der Waals surface area contributed by atoms with Gasteiger partial charge in [0, 0.05) is 24.5 Å². The summed E-state index contributed by atoms with van der Waals surface area (Å²) in [5, 5.41) is 13.3. The molecule has 0 aromatic carbocycles. The van der Waals surface area contributed by atoms with Gasteiger partial charge in [-0.25, -0.2) is 4.98 Å². The third-order valence-corrected chi connectivity index (χ3v) is 3.41. The van der Waals surface area contributed by atoms with Crippen molar-refractivity contribution in [1.82, 2.24) is 9.36 Å². The van der Waals surface area contributed by atoms with E-state index in [0.29, 0.717) is 5.92 Å². The zero-order valence-corrected chi connectivity index (χ0v) is 9.76. The average Bonchev–Trinajstić information content (AvgIpc) is 2.59. The Morgan fingerprint density at radius 1 is 1.53 bits per heavy atom. The van der Waals surface area contributed by atoms with Crippen molar-refractivity contribution in [2.75, 3.05) is 11.9 Å². The molecule has 1 heterocycles. The molecule has 15 heavy (non-hydrogen) atoms. The van der Waals surface area contributed by atoms with E-state index in [2.05, 4.69) is 21.6 Å². The molecule has 0 aliphatic heterocycles. The summed E-state index contributed by atoms with van der Waals surface area (Å²) in [6, 6.07) is 0. The van der Waals surface area contributed by atoms with Gasteiger partial charge in [0.25, 0.3) is 0 Å². The third-order valence-electron chi connectivity index (χ3n) is 2.69. The minimum Gasteiger partial charge on any atom is -0.393 e. The predicted octanol–water partition coefficient (Wildman–Crippen LogP) is 1.67. The molecule has 84 valence electrons. The molecule has 0 atom stereocenters. The van der Waals surface area contributed by atoms with Gasteiger partial charge < -0.3 is 10.4 Å². The maximum Gasteiger partial charge on any atom is 0.202 e. The van der Waals surface area contributed by atoms with Crippen LogP contribution in [-0.4, -0.2) is 27.1 Å². The maximum atomic E-state index is 9.14. The van der Waals surface area contributed by atoms with Gasteiger partial charge in [0.05, 0.1) is 6.10 Å². The number of aromatic nitrogens is 2. The highest BCUT2D eigenvalue weighted by atomic mass is 32.1. The zero-order valence-electron chi connectivity index (χ0n) is 8.94. The van der Waals surface area contributed by atoms with Gasteiger partial charge in [-0.3, -0.25) is 0 Å². The summed E-state index contributed by atoms with van der Waals surface area (Å²) in [4.78, 5) is 4.38. The fourth-order valence-electron chi connectivity index (χ4n) is 1.75. The molecule has 1 fully saturated rings. The standard InChI is InChI=1S/C10H17N3OS/c1-2-3-9-12-10(15-13-9)11-6-7-4-8(14)5-7/h7-8,14H,2-6H2,1H3,(H,11,12,13). The van der Waals surface area contributed by atoms with E-state index in [-0.39, 0.29) is 6.10 Å². The van der Waals surface area contributed by atoms with Crippen LogP contribution in [-0.2, 0) is 6.42 Å². The van der Waals surface area contributed by atoms with Crippen LogP contribution in [0.4, 0.5) is 5.13 Å². The van der Waals surface area contributed by atoms with Crippen molar-refractivity contribution in [3.63, 3.8) is 0 Å². The minimum absolute atomic E-state index is 0.0677. The van der Waals surface area contributed by atoms with Crippen molar-refractivity contribution in [3.8, 4) is 0 Å². The van der Waals surface area contributed by atoms with E-state index >= 15 is 0 Å². The Labute approximate surface area is 93.9 Å². The van der Waals surface area contributed by atoms with Crippen LogP contribution >= 0.6 is 11.5 Å². The summed E-state index contributed by atoms with van der Waals surface area (Å²) < 4.78 is 4.26. The van der Waals surface area contributed by atoms with E-state index in [1.165, 1.54) is 11.5 Å². The van der Waals surface area contributed by atoms with Crippen LogP contribution in [0, 0.1) is 5.92 Å². The first-order valence-electron chi connectivity index (χ1n) is 5.52. The molecule has 5 heteroatoms. The van der Waals surface area contributed by atoms with E-state index in [1.807, 2.05) is 0 Å². The van der Waals surface area contributed by atoms with Crippen LogP contribution in [0.15, 0.2) is 0 Å². The van der Waals surface area contributed by atoms with Crippen LogP contribution in [0.1, 0.15) is 32.0 Å². The highest BCUT2D eigenvalue weighted by molar-refractivity contribution is 7.09. The number of nitrogens with one attached hydrogen (secondary N) is 1. The molecule has 2 rings (SSSR count). The molecule has 0 unspecified atom stereocenters. The molecule has 0 radical (unpaired) electrons. The summed E-state index contributed by atoms with van der Waals surface area (Å²) in [5.41, 5.74) is 0. The van der Waals surface area contributed by atoms with Gasteiger partial charge in [0.1, 0.15) is 5.82 Å². The van der Waals surface area contributed by atoms with Gasteiger partial charge in [-0.15, -0.1) is 0 Å². The van der Waals surface area contributed by atoms with Crippen molar-refractivity contribution >= 4 is 16.7 Å². The molecule has 0 amide bonds. The molecule has 1 aliphatic rings. The molecule has 0 bridgehead atoms. The number of aryl methyl sites for hydroxylation is 1. The Morgan fingerprint density at radius 2 is 2.33 bits per heavy atom. The lowest BCUT2D eigenvalue weighted by Crippen LogP contribution is -2.33. The monoisotopic (exact) mass is 227 g/mol. The van der Waals surface area contributed by atoms with Gasteiger partial charge in [0.15, 0.2) is 0 Å². The fourth-order valence-corrected chi connectivity index (χ4v) is 2.37. The van der Waals surface area contributed by atoms with Crippen molar-refractivity contribution in [1.29, 1.82) is 0 Å². The molecule has 1 saturated carbocycles. The minimum atomic E-state index is -0.0677. The predicted molar refractivity (Wildman–Crippen MR) is 61.1 cm³/mol. The first kappa shape index (κ1) is 10.8. The van der Waals surface area contributed by atoms with E-state index in [4.69, 9.17) is 5.11 Å². The van der Waals surface area contributed by atoms with Crippen LogP contribution in [0.5, 0.6) is 0 Å². The molecule has 1 aromatic heterocycles. The lowest BCUT2D eigenvalue weighted by Gasteiger charge is -2.31. The quantitative estimate of drug-likeness (QED) is 0.803. The second-order valence-corrected chi connectivity index (χ2v) is 4.89. The lowest BCUT2D eigenvalue weighted by atomic mass is 9.82. The molecule has 2 N–H and O–H groups in total. The van der Waals surface area contributed by atoms with Gasteiger partial charge in [0.2, 0.25) is 5.13 Å². The number of aliphatic hydroxyl groups is 1. The zero-order chi connectivity index (χ0) is 10.7. The highest BCUT2D eigenvalue weighted by Crippen LogP contribution is 2.27. The van der Waals surface area contributed by atoms with E-state index in [1.54, 1.807) is 0 Å². The second kappa shape index (κ2) is 4.90. The van der Waals surface area contributed by atoms with E-state index in [9.17, 15) is 0 Å². The Bertz CT molecular complexity index is 309. The third kappa shape index (κ3) is 2.89. The number of rotatable bonds is 5. The molecule has 0 spiro atoms. The van der Waals surface area contributed by atoms with Gasteiger partial charge in [-0.1, -0.05) is 6.92 Å². The SMILES string of the molecule is CCCc1nsc(NCC2CC(O)C2)n1. The lowest BCUT2D eigenvalue weighted by molar-refractivity contribution is 0.0487. The first-order valence-corrected chi connectivity index (χ1v) is 6.29. The topological polar surface area (TPSA) is 58.0 Å². The highest BCUT2D eigenvalue weighted by Gasteiger charge is 2.26. The smallest absolute Gasteiger partial charge is 0.202 e. The molecular formula is C10H17N3OS. The summed E-state index contributed by atoms with van der Waals surface area (Å²) in [7, 11) is 0. The Kier molecular flexibility index (Phi) is 3.53. The van der Waals surface area contributed by atoms with Gasteiger partial charge >= 0.3 is 0 Å². The largest absolute Gasteiger partial charge is 0.393 e. The molecule has 1 aromatic rings. The second-order valence-electron chi connectivity index (χ2n) is 4.14.